The molecule has 0 aromatic carbocycles. The maximum absolute atomic E-state index is 6.59. The fourth-order valence-corrected chi connectivity index (χ4v) is 4.08. The van der Waals surface area contributed by atoms with Crippen molar-refractivity contribution in [1.29, 1.82) is 0 Å². The van der Waals surface area contributed by atoms with Gasteiger partial charge in [0.1, 0.15) is 5.38 Å². The molecule has 2 rings (SSSR count). The molecule has 17 heavy (non-hydrogen) atoms. The maximum atomic E-state index is 6.59. The lowest BCUT2D eigenvalue weighted by molar-refractivity contribution is -0.176. The molecule has 3 heteroatoms. The van der Waals surface area contributed by atoms with Crippen LogP contribution in [0.1, 0.15) is 41.0 Å². The minimum absolute atomic E-state index is 0.0913. The van der Waals surface area contributed by atoms with Crippen molar-refractivity contribution in [3.05, 3.63) is 11.1 Å². The number of hydrogen-bond donors (Lipinski definition) is 0. The predicted octanol–water partition coefficient (Wildman–Crippen LogP) is 3.74. The molecule has 1 aliphatic heterocycles. The molecule has 1 aliphatic carbocycles. The first-order chi connectivity index (χ1) is 7.80. The second-order valence-corrected chi connectivity index (χ2v) is 6.62. The normalized spacial score (nSPS) is 31.6. The van der Waals surface area contributed by atoms with E-state index in [0.29, 0.717) is 19.1 Å². The third-order valence-corrected chi connectivity index (χ3v) is 4.62. The van der Waals surface area contributed by atoms with E-state index in [0.717, 1.165) is 6.42 Å². The molecule has 0 radical (unpaired) electrons. The van der Waals surface area contributed by atoms with Crippen LogP contribution in [0, 0.1) is 11.3 Å². The molecule has 0 amide bonds. The average Bonchev–Trinajstić information content (AvgIpc) is 2.62. The predicted molar refractivity (Wildman–Crippen MR) is 70.2 cm³/mol. The molecule has 0 saturated carbocycles. The highest BCUT2D eigenvalue weighted by Gasteiger charge is 2.53. The van der Waals surface area contributed by atoms with Crippen LogP contribution in [0.15, 0.2) is 11.1 Å². The quantitative estimate of drug-likeness (QED) is 0.527. The van der Waals surface area contributed by atoms with Crippen molar-refractivity contribution >= 4 is 11.6 Å². The zero-order valence-electron chi connectivity index (χ0n) is 11.5. The molecule has 98 valence electrons. The SMILES string of the molecule is CC1=C(C(C)C)C(C)(C)CC2(OCCO2)C1Cl. The van der Waals surface area contributed by atoms with Crippen LogP contribution in [0.2, 0.25) is 0 Å². The van der Waals surface area contributed by atoms with Crippen LogP contribution in [-0.2, 0) is 9.47 Å². The standard InChI is InChI=1S/C14H23ClO2/c1-9(2)11-10(3)12(15)14(8-13(11,4)5)16-6-7-17-14/h9,12H,6-8H2,1-5H3. The zero-order chi connectivity index (χ0) is 12.8. The summed E-state index contributed by atoms with van der Waals surface area (Å²) in [6, 6.07) is 0. The zero-order valence-corrected chi connectivity index (χ0v) is 12.2. The molecule has 2 nitrogen and oxygen atoms in total. The van der Waals surface area contributed by atoms with Crippen LogP contribution in [-0.4, -0.2) is 24.4 Å². The Bertz CT molecular complexity index is 338. The first-order valence-electron chi connectivity index (χ1n) is 6.43. The van der Waals surface area contributed by atoms with Crippen molar-refractivity contribution in [1.82, 2.24) is 0 Å². The third-order valence-electron chi connectivity index (χ3n) is 3.96. The summed E-state index contributed by atoms with van der Waals surface area (Å²) < 4.78 is 11.7. The van der Waals surface area contributed by atoms with Crippen LogP contribution in [0.5, 0.6) is 0 Å². The minimum atomic E-state index is -0.590. The molecule has 1 heterocycles. The van der Waals surface area contributed by atoms with Gasteiger partial charge in [0, 0.05) is 6.42 Å². The van der Waals surface area contributed by atoms with Crippen molar-refractivity contribution in [2.45, 2.75) is 52.2 Å². The van der Waals surface area contributed by atoms with E-state index in [1.54, 1.807) is 0 Å². The highest BCUT2D eigenvalue weighted by molar-refractivity contribution is 6.23. The van der Waals surface area contributed by atoms with Gasteiger partial charge in [-0.15, -0.1) is 11.6 Å². The Hall–Kier alpha value is -0.0500. The third kappa shape index (κ3) is 2.05. The summed E-state index contributed by atoms with van der Waals surface area (Å²) >= 11 is 6.59. The Kier molecular flexibility index (Phi) is 3.35. The summed E-state index contributed by atoms with van der Waals surface area (Å²) in [7, 11) is 0. The number of alkyl halides is 1. The molecule has 1 unspecified atom stereocenters. The van der Waals surface area contributed by atoms with Gasteiger partial charge in [0.25, 0.3) is 0 Å². The molecule has 0 bridgehead atoms. The topological polar surface area (TPSA) is 18.5 Å². The molecule has 1 fully saturated rings. The van der Waals surface area contributed by atoms with Crippen molar-refractivity contribution in [3.63, 3.8) is 0 Å². The van der Waals surface area contributed by atoms with Gasteiger partial charge in [-0.05, 0) is 18.3 Å². The van der Waals surface area contributed by atoms with Gasteiger partial charge in [-0.25, -0.2) is 0 Å². The van der Waals surface area contributed by atoms with Gasteiger partial charge >= 0.3 is 0 Å². The second-order valence-electron chi connectivity index (χ2n) is 6.18. The smallest absolute Gasteiger partial charge is 0.189 e. The number of halogens is 1. The van der Waals surface area contributed by atoms with E-state index in [-0.39, 0.29) is 10.8 Å². The molecule has 1 atom stereocenters. The number of allylic oxidation sites excluding steroid dienone is 1. The highest BCUT2D eigenvalue weighted by atomic mass is 35.5. The number of rotatable bonds is 1. The van der Waals surface area contributed by atoms with Crippen molar-refractivity contribution in [2.75, 3.05) is 13.2 Å². The van der Waals surface area contributed by atoms with E-state index in [4.69, 9.17) is 21.1 Å². The second kappa shape index (κ2) is 4.25. The molecule has 1 spiro atoms. The highest BCUT2D eigenvalue weighted by Crippen LogP contribution is 2.52. The maximum Gasteiger partial charge on any atom is 0.189 e. The summed E-state index contributed by atoms with van der Waals surface area (Å²) in [4.78, 5) is 0. The van der Waals surface area contributed by atoms with Gasteiger partial charge in [-0.2, -0.15) is 0 Å². The average molecular weight is 259 g/mol. The van der Waals surface area contributed by atoms with Crippen molar-refractivity contribution < 1.29 is 9.47 Å². The lowest BCUT2D eigenvalue weighted by Crippen LogP contribution is -2.50. The molecule has 0 N–H and O–H groups in total. The summed E-state index contributed by atoms with van der Waals surface area (Å²) in [6.07, 6.45) is 0.846. The number of hydrogen-bond acceptors (Lipinski definition) is 2. The van der Waals surface area contributed by atoms with E-state index in [2.05, 4.69) is 34.6 Å². The van der Waals surface area contributed by atoms with Gasteiger partial charge in [-0.3, -0.25) is 0 Å². The summed E-state index contributed by atoms with van der Waals surface area (Å²) in [5.74, 6) is -0.0712. The van der Waals surface area contributed by atoms with Crippen molar-refractivity contribution in [3.8, 4) is 0 Å². The van der Waals surface area contributed by atoms with Crippen LogP contribution in [0.4, 0.5) is 0 Å². The van der Waals surface area contributed by atoms with E-state index in [1.165, 1.54) is 11.1 Å². The Morgan fingerprint density at radius 2 is 1.76 bits per heavy atom. The summed E-state index contributed by atoms with van der Waals surface area (Å²) in [5, 5.41) is -0.157. The monoisotopic (exact) mass is 258 g/mol. The fraction of sp³-hybridized carbons (Fsp3) is 0.857. The van der Waals surface area contributed by atoms with Crippen molar-refractivity contribution in [2.24, 2.45) is 11.3 Å². The van der Waals surface area contributed by atoms with Gasteiger partial charge < -0.3 is 9.47 Å². The van der Waals surface area contributed by atoms with E-state index in [1.807, 2.05) is 0 Å². The largest absolute Gasteiger partial charge is 0.346 e. The van der Waals surface area contributed by atoms with Crippen LogP contribution >= 0.6 is 11.6 Å². The minimum Gasteiger partial charge on any atom is -0.346 e. The first kappa shape index (κ1) is 13.4. The Labute approximate surface area is 109 Å². The molecule has 0 aromatic rings. The molecule has 2 aliphatic rings. The Balaban J connectivity index is 2.45. The Morgan fingerprint density at radius 1 is 1.24 bits per heavy atom. The van der Waals surface area contributed by atoms with E-state index < -0.39 is 5.79 Å². The first-order valence-corrected chi connectivity index (χ1v) is 6.87. The van der Waals surface area contributed by atoms with Crippen LogP contribution in [0.25, 0.3) is 0 Å². The van der Waals surface area contributed by atoms with E-state index in [9.17, 15) is 0 Å². The Morgan fingerprint density at radius 3 is 2.24 bits per heavy atom. The van der Waals surface area contributed by atoms with Gasteiger partial charge in [0.05, 0.1) is 13.2 Å². The number of ether oxygens (including phenoxy) is 2. The molecule has 1 saturated heterocycles. The van der Waals surface area contributed by atoms with Crippen LogP contribution < -0.4 is 0 Å². The molecule has 0 aromatic heterocycles. The fourth-order valence-electron chi connectivity index (χ4n) is 3.76. The van der Waals surface area contributed by atoms with Gasteiger partial charge in [-0.1, -0.05) is 38.8 Å². The van der Waals surface area contributed by atoms with Gasteiger partial charge in [0.15, 0.2) is 5.79 Å². The molecular weight excluding hydrogens is 236 g/mol. The van der Waals surface area contributed by atoms with Gasteiger partial charge in [0.2, 0.25) is 0 Å². The summed E-state index contributed by atoms with van der Waals surface area (Å²) in [6.45, 7) is 12.4. The van der Waals surface area contributed by atoms with E-state index >= 15 is 0 Å². The molecular formula is C14H23ClO2. The lowest BCUT2D eigenvalue weighted by Gasteiger charge is -2.47. The van der Waals surface area contributed by atoms with Crippen LogP contribution in [0.3, 0.4) is 0 Å². The summed E-state index contributed by atoms with van der Waals surface area (Å²) in [5.41, 5.74) is 2.79. The lowest BCUT2D eigenvalue weighted by atomic mass is 9.66.